The second-order valence-electron chi connectivity index (χ2n) is 5.67. The van der Waals surface area contributed by atoms with E-state index in [1.54, 1.807) is 23.2 Å². The number of likely N-dealkylation sites (tertiary alicyclic amines) is 1. The molecule has 3 nitrogen and oxygen atoms in total. The number of hydrogen-bond donors (Lipinski definition) is 1. The van der Waals surface area contributed by atoms with Crippen molar-refractivity contribution in [1.82, 2.24) is 10.2 Å². The van der Waals surface area contributed by atoms with Crippen molar-refractivity contribution >= 4 is 17.2 Å². The number of carbonyl (C=O) groups is 1. The van der Waals surface area contributed by atoms with Crippen molar-refractivity contribution in [3.63, 3.8) is 0 Å². The van der Waals surface area contributed by atoms with Crippen LogP contribution in [0.25, 0.3) is 0 Å². The summed E-state index contributed by atoms with van der Waals surface area (Å²) in [5.74, 6) is -1.51. The van der Waals surface area contributed by atoms with Gasteiger partial charge in [0.15, 0.2) is 0 Å². The minimum Gasteiger partial charge on any atom is -0.354 e. The van der Waals surface area contributed by atoms with Gasteiger partial charge in [0.25, 0.3) is 0 Å². The maximum Gasteiger partial charge on any atom is 0.393 e. The van der Waals surface area contributed by atoms with Gasteiger partial charge in [0.05, 0.1) is 12.0 Å². The first-order valence-electron chi connectivity index (χ1n) is 7.49. The van der Waals surface area contributed by atoms with Crippen LogP contribution in [0.1, 0.15) is 24.6 Å². The molecule has 0 unspecified atom stereocenters. The molecule has 2 heterocycles. The van der Waals surface area contributed by atoms with Crippen LogP contribution in [0.3, 0.4) is 0 Å². The summed E-state index contributed by atoms with van der Waals surface area (Å²) in [5, 5.41) is 4.79. The van der Waals surface area contributed by atoms with Crippen molar-refractivity contribution in [2.24, 2.45) is 5.92 Å². The largest absolute Gasteiger partial charge is 0.393 e. The van der Waals surface area contributed by atoms with Gasteiger partial charge in [-0.05, 0) is 44.2 Å². The van der Waals surface area contributed by atoms with Crippen molar-refractivity contribution in [3.8, 4) is 0 Å². The second-order valence-corrected chi connectivity index (χ2v) is 6.70. The lowest BCUT2D eigenvalue weighted by Gasteiger charge is -2.36. The molecule has 7 heteroatoms. The molecule has 1 aliphatic rings. The summed E-state index contributed by atoms with van der Waals surface area (Å²) in [7, 11) is 0. The first-order chi connectivity index (χ1) is 10.4. The molecule has 0 bridgehead atoms. The van der Waals surface area contributed by atoms with Crippen molar-refractivity contribution in [3.05, 3.63) is 22.4 Å². The molecule has 2 rings (SSSR count). The van der Waals surface area contributed by atoms with E-state index in [2.05, 4.69) is 5.32 Å². The highest BCUT2D eigenvalue weighted by atomic mass is 32.1. The average molecular weight is 334 g/mol. The number of thiophene rings is 1. The van der Waals surface area contributed by atoms with Gasteiger partial charge in [0.1, 0.15) is 0 Å². The maximum absolute atomic E-state index is 12.8. The number of amides is 1. The summed E-state index contributed by atoms with van der Waals surface area (Å²) in [4.78, 5) is 14.9. The minimum atomic E-state index is -4.17. The third kappa shape index (κ3) is 4.71. The Hall–Kier alpha value is -1.08. The third-order valence-corrected chi connectivity index (χ3v) is 5.03. The normalized spacial score (nSPS) is 21.5. The molecule has 2 atom stereocenters. The van der Waals surface area contributed by atoms with Gasteiger partial charge in [-0.3, -0.25) is 9.69 Å². The number of nitrogens with one attached hydrogen (secondary N) is 1. The van der Waals surface area contributed by atoms with Crippen LogP contribution >= 0.6 is 11.3 Å². The summed E-state index contributed by atoms with van der Waals surface area (Å²) < 4.78 is 38.4. The topological polar surface area (TPSA) is 32.3 Å². The second kappa shape index (κ2) is 7.46. The first-order valence-corrected chi connectivity index (χ1v) is 8.36. The fourth-order valence-electron chi connectivity index (χ4n) is 2.70. The van der Waals surface area contributed by atoms with Crippen LogP contribution in [0, 0.1) is 5.92 Å². The van der Waals surface area contributed by atoms with Crippen molar-refractivity contribution < 1.29 is 18.0 Å². The van der Waals surface area contributed by atoms with Crippen LogP contribution in [0.5, 0.6) is 0 Å². The van der Waals surface area contributed by atoms with E-state index >= 15 is 0 Å². The van der Waals surface area contributed by atoms with Crippen LogP contribution < -0.4 is 5.32 Å². The standard InChI is InChI=1S/C15H21F3N2OS/c1-11(14(21)19-7-6-13-5-3-9-22-13)20-8-2-4-12(10-20)15(16,17)18/h3,5,9,11-12H,2,4,6-8,10H2,1H3,(H,19,21)/t11-,12+/m0/s1. The third-order valence-electron chi connectivity index (χ3n) is 4.09. The Morgan fingerprint density at radius 1 is 1.55 bits per heavy atom. The molecular weight excluding hydrogens is 313 g/mol. The number of piperidine rings is 1. The van der Waals surface area contributed by atoms with Gasteiger partial charge in [-0.15, -0.1) is 11.3 Å². The summed E-state index contributed by atoms with van der Waals surface area (Å²) >= 11 is 1.63. The predicted molar refractivity (Wildman–Crippen MR) is 80.8 cm³/mol. The Morgan fingerprint density at radius 3 is 2.95 bits per heavy atom. The molecule has 124 valence electrons. The van der Waals surface area contributed by atoms with E-state index < -0.39 is 18.1 Å². The fourth-order valence-corrected chi connectivity index (χ4v) is 3.41. The lowest BCUT2D eigenvalue weighted by molar-refractivity contribution is -0.188. The first kappa shape index (κ1) is 17.3. The van der Waals surface area contributed by atoms with E-state index in [1.165, 1.54) is 4.88 Å². The molecule has 1 amide bonds. The number of nitrogens with zero attached hydrogens (tertiary/aromatic N) is 1. The Kier molecular flexibility index (Phi) is 5.86. The Bertz CT molecular complexity index is 476. The average Bonchev–Trinajstić information content (AvgIpc) is 2.99. The van der Waals surface area contributed by atoms with Gasteiger partial charge in [0.2, 0.25) is 5.91 Å². The number of rotatable bonds is 5. The molecule has 1 aromatic rings. The highest BCUT2D eigenvalue weighted by molar-refractivity contribution is 7.09. The van der Waals surface area contributed by atoms with Gasteiger partial charge in [-0.1, -0.05) is 6.07 Å². The van der Waals surface area contributed by atoms with E-state index in [0.717, 1.165) is 6.42 Å². The minimum absolute atomic E-state index is 0.0803. The number of alkyl halides is 3. The molecule has 0 radical (unpaired) electrons. The Morgan fingerprint density at radius 2 is 2.32 bits per heavy atom. The van der Waals surface area contributed by atoms with E-state index in [4.69, 9.17) is 0 Å². The molecule has 1 aromatic heterocycles. The zero-order valence-electron chi connectivity index (χ0n) is 12.5. The van der Waals surface area contributed by atoms with Crippen molar-refractivity contribution in [2.75, 3.05) is 19.6 Å². The molecule has 22 heavy (non-hydrogen) atoms. The van der Waals surface area contributed by atoms with Crippen LogP contribution in [0.15, 0.2) is 17.5 Å². The predicted octanol–water partition coefficient (Wildman–Crippen LogP) is 3.07. The van der Waals surface area contributed by atoms with E-state index in [-0.39, 0.29) is 18.9 Å². The molecule has 1 N–H and O–H groups in total. The molecule has 0 saturated carbocycles. The van der Waals surface area contributed by atoms with Crippen molar-refractivity contribution in [1.29, 1.82) is 0 Å². The van der Waals surface area contributed by atoms with Gasteiger partial charge < -0.3 is 5.32 Å². The maximum atomic E-state index is 12.8. The zero-order chi connectivity index (χ0) is 16.2. The van der Waals surface area contributed by atoms with Crippen LogP contribution in [0.2, 0.25) is 0 Å². The summed E-state index contributed by atoms with van der Waals surface area (Å²) in [6, 6.07) is 3.43. The summed E-state index contributed by atoms with van der Waals surface area (Å²) in [6.07, 6.45) is -2.78. The van der Waals surface area contributed by atoms with Gasteiger partial charge in [-0.25, -0.2) is 0 Å². The zero-order valence-corrected chi connectivity index (χ0v) is 13.3. The van der Waals surface area contributed by atoms with Crippen LogP contribution in [-0.4, -0.2) is 42.7 Å². The van der Waals surface area contributed by atoms with Crippen molar-refractivity contribution in [2.45, 2.75) is 38.4 Å². The highest BCUT2D eigenvalue weighted by Crippen LogP contribution is 2.33. The Balaban J connectivity index is 1.79. The van der Waals surface area contributed by atoms with Gasteiger partial charge in [0, 0.05) is 18.0 Å². The van der Waals surface area contributed by atoms with Gasteiger partial charge in [-0.2, -0.15) is 13.2 Å². The monoisotopic (exact) mass is 334 g/mol. The smallest absolute Gasteiger partial charge is 0.354 e. The van der Waals surface area contributed by atoms with Crippen LogP contribution in [0.4, 0.5) is 13.2 Å². The van der Waals surface area contributed by atoms with E-state index in [9.17, 15) is 18.0 Å². The van der Waals surface area contributed by atoms with E-state index in [0.29, 0.717) is 19.5 Å². The molecule has 0 spiro atoms. The molecule has 1 aliphatic heterocycles. The van der Waals surface area contributed by atoms with Gasteiger partial charge >= 0.3 is 6.18 Å². The lowest BCUT2D eigenvalue weighted by atomic mass is 9.96. The molecule has 0 aliphatic carbocycles. The Labute approximate surface area is 132 Å². The number of hydrogen-bond acceptors (Lipinski definition) is 3. The van der Waals surface area contributed by atoms with E-state index in [1.807, 2.05) is 17.5 Å². The molecule has 1 fully saturated rings. The fraction of sp³-hybridized carbons (Fsp3) is 0.667. The molecule has 0 aromatic carbocycles. The molecular formula is C15H21F3N2OS. The van der Waals surface area contributed by atoms with Crippen LogP contribution in [-0.2, 0) is 11.2 Å². The lowest BCUT2D eigenvalue weighted by Crippen LogP contribution is -2.51. The number of carbonyl (C=O) groups excluding carboxylic acids is 1. The summed E-state index contributed by atoms with van der Waals surface area (Å²) in [5.41, 5.74) is 0. The number of halogens is 3. The molecule has 1 saturated heterocycles. The SMILES string of the molecule is C[C@@H](C(=O)NCCc1cccs1)N1CCC[C@@H](C(F)(F)F)C1. The highest BCUT2D eigenvalue weighted by Gasteiger charge is 2.43. The summed E-state index contributed by atoms with van der Waals surface area (Å²) in [6.45, 7) is 2.66. The quantitative estimate of drug-likeness (QED) is 0.897.